The maximum atomic E-state index is 14.2. The summed E-state index contributed by atoms with van der Waals surface area (Å²) in [6.07, 6.45) is 3.47. The zero-order chi connectivity index (χ0) is 33.3. The summed E-state index contributed by atoms with van der Waals surface area (Å²) in [5.74, 6) is -3.56. The monoisotopic (exact) mass is 686 g/mol. The first-order chi connectivity index (χ1) is 22.5. The number of benzene rings is 2. The highest BCUT2D eigenvalue weighted by atomic mass is 32.1. The molecule has 1 aromatic heterocycles. The van der Waals surface area contributed by atoms with Gasteiger partial charge in [0.1, 0.15) is 18.7 Å². The first-order valence-electron chi connectivity index (χ1n) is 15.6. The Labute approximate surface area is 274 Å². The lowest BCUT2D eigenvalue weighted by molar-refractivity contribution is -0.143. The minimum Gasteiger partial charge on any atom is -0.445 e. The van der Waals surface area contributed by atoms with Crippen LogP contribution in [0.5, 0.6) is 0 Å². The fraction of sp³-hybridized carbons (Fsp3) is 0.438. The molecule has 250 valence electrons. The fourth-order valence-corrected chi connectivity index (χ4v) is 7.99. The summed E-state index contributed by atoms with van der Waals surface area (Å²) in [5.41, 5.74) is 0.692. The molecule has 3 aliphatic heterocycles. The van der Waals surface area contributed by atoms with Gasteiger partial charge in [-0.25, -0.2) is 9.18 Å². The van der Waals surface area contributed by atoms with E-state index in [0.717, 1.165) is 36.2 Å². The molecule has 0 bridgehead atoms. The number of halogens is 1. The molecule has 0 radical (unpaired) electrons. The molecule has 12 nitrogen and oxygen atoms in total. The van der Waals surface area contributed by atoms with Gasteiger partial charge in [0, 0.05) is 23.8 Å². The zero-order valence-electron chi connectivity index (χ0n) is 25.4. The van der Waals surface area contributed by atoms with Crippen molar-refractivity contribution in [3.63, 3.8) is 0 Å². The predicted molar refractivity (Wildman–Crippen MR) is 171 cm³/mol. The van der Waals surface area contributed by atoms with E-state index in [0.29, 0.717) is 42.4 Å². The Morgan fingerprint density at radius 1 is 1.00 bits per heavy atom. The molecule has 3 aromatic rings. The van der Waals surface area contributed by atoms with Crippen molar-refractivity contribution in [1.29, 1.82) is 0 Å². The molecule has 4 heterocycles. The Kier molecular flexibility index (Phi) is 9.65. The predicted octanol–water partition coefficient (Wildman–Crippen LogP) is 4.22. The number of amides is 4. The van der Waals surface area contributed by atoms with Crippen molar-refractivity contribution in [3.8, 4) is 0 Å². The van der Waals surface area contributed by atoms with Crippen molar-refractivity contribution in [2.75, 3.05) is 13.1 Å². The number of fused-ring (bicyclic) bond motifs is 2. The van der Waals surface area contributed by atoms with E-state index in [1.54, 1.807) is 4.90 Å². The van der Waals surface area contributed by atoms with Crippen molar-refractivity contribution in [2.45, 2.75) is 75.2 Å². The summed E-state index contributed by atoms with van der Waals surface area (Å²) in [7, 11) is -4.99. The van der Waals surface area contributed by atoms with Crippen molar-refractivity contribution in [2.24, 2.45) is 0 Å². The molecule has 3 fully saturated rings. The van der Waals surface area contributed by atoms with Crippen LogP contribution in [0.4, 0.5) is 9.18 Å². The molecule has 6 rings (SSSR count). The summed E-state index contributed by atoms with van der Waals surface area (Å²) >= 11 is 1.12. The van der Waals surface area contributed by atoms with Crippen LogP contribution in [0.3, 0.4) is 0 Å². The largest absolute Gasteiger partial charge is 0.445 e. The van der Waals surface area contributed by atoms with E-state index in [-0.39, 0.29) is 40.9 Å². The van der Waals surface area contributed by atoms with Gasteiger partial charge in [0.15, 0.2) is 0 Å². The van der Waals surface area contributed by atoms with Gasteiger partial charge in [0.25, 0.3) is 5.91 Å². The molecular formula is C32H36FN4O8PS. The van der Waals surface area contributed by atoms with Gasteiger partial charge in [-0.05, 0) is 60.4 Å². The standard InChI is InChI=1S/C32H36FN4O8PS/c33-28(46(42,43)44)20-10-13-26-21(14-20)15-27(47-26)30(39)35-24-9-5-4-8-23-11-12-25(37(23)31(24)40)29(38)34-22-16-36(17-22)32(41)45-18-19-6-2-1-3-7-19/h1-3,6-7,10,13-15,22-25,28H,4-5,8-9,11-12,16-18H2,(H,34,38)(H,35,39)(H2,42,43,44)/t23-,24-,25-,28?/m0/s1. The average Bonchev–Trinajstić information content (AvgIpc) is 3.65. The number of carbonyl (C=O) groups excluding carboxylic acids is 4. The van der Waals surface area contributed by atoms with Gasteiger partial charge in [0.05, 0.1) is 10.9 Å². The van der Waals surface area contributed by atoms with E-state index in [9.17, 15) is 37.9 Å². The Hall–Kier alpha value is -3.84. The number of thiophene rings is 1. The van der Waals surface area contributed by atoms with Crippen LogP contribution in [0.2, 0.25) is 0 Å². The molecule has 4 N–H and O–H groups in total. The van der Waals surface area contributed by atoms with Gasteiger partial charge in [-0.2, -0.15) is 0 Å². The van der Waals surface area contributed by atoms with Gasteiger partial charge in [-0.15, -0.1) is 11.3 Å². The van der Waals surface area contributed by atoms with Gasteiger partial charge in [-0.1, -0.05) is 49.2 Å². The molecule has 3 aliphatic rings. The number of nitrogens with one attached hydrogen (secondary N) is 2. The molecule has 0 spiro atoms. The summed E-state index contributed by atoms with van der Waals surface area (Å²) in [5, 5.41) is 6.28. The number of carbonyl (C=O) groups is 4. The van der Waals surface area contributed by atoms with Crippen LogP contribution in [0.1, 0.15) is 65.2 Å². The van der Waals surface area contributed by atoms with Crippen LogP contribution in [0.15, 0.2) is 54.6 Å². The van der Waals surface area contributed by atoms with E-state index in [1.165, 1.54) is 29.2 Å². The first-order valence-corrected chi connectivity index (χ1v) is 18.1. The molecule has 2 aromatic carbocycles. The fourth-order valence-electron chi connectivity index (χ4n) is 6.50. The third-order valence-corrected chi connectivity index (χ3v) is 11.0. The van der Waals surface area contributed by atoms with E-state index in [1.807, 2.05) is 30.3 Å². The van der Waals surface area contributed by atoms with E-state index >= 15 is 0 Å². The quantitative estimate of drug-likeness (QED) is 0.256. The second kappa shape index (κ2) is 13.7. The van der Waals surface area contributed by atoms with E-state index < -0.39 is 37.6 Å². The number of nitrogens with zero attached hydrogens (tertiary/aromatic N) is 2. The van der Waals surface area contributed by atoms with Gasteiger partial charge < -0.3 is 35.0 Å². The topological polar surface area (TPSA) is 166 Å². The highest BCUT2D eigenvalue weighted by Crippen LogP contribution is 2.53. The summed E-state index contributed by atoms with van der Waals surface area (Å²) in [6, 6.07) is 13.0. The Balaban J connectivity index is 1.06. The van der Waals surface area contributed by atoms with Crippen LogP contribution in [-0.4, -0.2) is 80.7 Å². The molecular weight excluding hydrogens is 650 g/mol. The minimum absolute atomic E-state index is 0.116. The maximum absolute atomic E-state index is 14.2. The van der Waals surface area contributed by atoms with E-state index in [4.69, 9.17) is 4.74 Å². The molecule has 0 aliphatic carbocycles. The number of ether oxygens (including phenoxy) is 1. The lowest BCUT2D eigenvalue weighted by atomic mass is 9.99. The van der Waals surface area contributed by atoms with Crippen LogP contribution in [-0.2, 0) is 25.5 Å². The Morgan fingerprint density at radius 2 is 1.74 bits per heavy atom. The third-order valence-electron chi connectivity index (χ3n) is 8.97. The number of hydrogen-bond donors (Lipinski definition) is 4. The van der Waals surface area contributed by atoms with Crippen molar-refractivity contribution < 1.29 is 42.7 Å². The molecule has 3 saturated heterocycles. The number of likely N-dealkylation sites (tertiary alicyclic amines) is 1. The second-order valence-corrected chi connectivity index (χ2v) is 15.0. The minimum atomic E-state index is -4.99. The number of rotatable bonds is 8. The molecule has 4 amide bonds. The first kappa shape index (κ1) is 33.1. The van der Waals surface area contributed by atoms with E-state index in [2.05, 4.69) is 10.6 Å². The summed E-state index contributed by atoms with van der Waals surface area (Å²) in [6.45, 7) is 0.780. The highest BCUT2D eigenvalue weighted by Gasteiger charge is 2.45. The Bertz CT molecular complexity index is 1710. The van der Waals surface area contributed by atoms with Crippen LogP contribution in [0.25, 0.3) is 10.1 Å². The molecule has 4 atom stereocenters. The molecule has 0 saturated carbocycles. The average molecular weight is 687 g/mol. The maximum Gasteiger partial charge on any atom is 0.410 e. The lowest BCUT2D eigenvalue weighted by Crippen LogP contribution is -2.64. The van der Waals surface area contributed by atoms with Crippen molar-refractivity contribution in [3.05, 3.63) is 70.6 Å². The molecule has 15 heteroatoms. The van der Waals surface area contributed by atoms with Crippen LogP contribution in [0, 0.1) is 0 Å². The smallest absolute Gasteiger partial charge is 0.410 e. The normalized spacial score (nSPS) is 22.5. The third kappa shape index (κ3) is 7.35. The summed E-state index contributed by atoms with van der Waals surface area (Å²) < 4.78 is 31.6. The molecule has 47 heavy (non-hydrogen) atoms. The van der Waals surface area contributed by atoms with Gasteiger partial charge in [-0.3, -0.25) is 18.9 Å². The highest BCUT2D eigenvalue weighted by molar-refractivity contribution is 7.51. The van der Waals surface area contributed by atoms with Gasteiger partial charge >= 0.3 is 13.7 Å². The summed E-state index contributed by atoms with van der Waals surface area (Å²) in [4.78, 5) is 74.9. The SMILES string of the molecule is O=C(N[C@H]1CCCC[C@H]2CC[C@@H](C(=O)NC3CN(C(=O)OCc4ccccc4)C3)N2C1=O)c1cc2cc(C(F)P(=O)(O)O)ccc2s1. The Morgan fingerprint density at radius 3 is 2.49 bits per heavy atom. The van der Waals surface area contributed by atoms with Crippen molar-refractivity contribution in [1.82, 2.24) is 20.4 Å². The zero-order valence-corrected chi connectivity index (χ0v) is 27.1. The second-order valence-electron chi connectivity index (χ2n) is 12.3. The van der Waals surface area contributed by atoms with Crippen molar-refractivity contribution >= 4 is 52.8 Å². The number of hydrogen-bond acceptors (Lipinski definition) is 7. The van der Waals surface area contributed by atoms with Gasteiger partial charge in [0.2, 0.25) is 17.7 Å². The molecule has 1 unspecified atom stereocenters. The number of alkyl halides is 1. The van der Waals surface area contributed by atoms with Crippen LogP contribution < -0.4 is 10.6 Å². The lowest BCUT2D eigenvalue weighted by Gasteiger charge is -2.40. The van der Waals surface area contributed by atoms with Crippen LogP contribution >= 0.6 is 18.9 Å².